The standard InChI is InChI=1S/C27H35NO.C26H31NO2/c1-7-10-27(8-2)26-22(9-11-29-27)24-16-20(17(3)4)15-23(25(24)28-26)21-13-18(5)12-19(6)14-21;1-5-11-26(6-2)25-21(10-12-29-26)23-15-20(17(3)4)14-22(24(23)27-25)19-9-7-8-18(13-19)16-28/h12-17,28H,7-11H2,1-6H3;7-9,13-17,27H,5-6,10-12H2,1-4H3. The Bertz CT molecular complexity index is 2410. The van der Waals surface area contributed by atoms with Gasteiger partial charge in [0.15, 0.2) is 0 Å². The van der Waals surface area contributed by atoms with E-state index in [1.165, 1.54) is 83.3 Å². The van der Waals surface area contributed by atoms with Crippen LogP contribution in [0.5, 0.6) is 0 Å². The largest absolute Gasteiger partial charge is 0.368 e. The van der Waals surface area contributed by atoms with Gasteiger partial charge in [-0.05, 0) is 128 Å². The van der Waals surface area contributed by atoms with Gasteiger partial charge in [0.25, 0.3) is 0 Å². The predicted octanol–water partition coefficient (Wildman–Crippen LogP) is 14.3. The molecular formula is C53H66N2O3. The summed E-state index contributed by atoms with van der Waals surface area (Å²) in [6, 6.07) is 24.3. The van der Waals surface area contributed by atoms with Crippen LogP contribution in [0.25, 0.3) is 44.1 Å². The molecule has 5 heteroatoms. The molecule has 2 aliphatic rings. The highest BCUT2D eigenvalue weighted by molar-refractivity contribution is 5.99. The number of hydrogen-bond donors (Lipinski definition) is 2. The fraction of sp³-hybridized carbons (Fsp3) is 0.453. The molecule has 2 aliphatic heterocycles. The van der Waals surface area contributed by atoms with Gasteiger partial charge in [0, 0.05) is 27.5 Å². The minimum absolute atomic E-state index is 0.168. The topological polar surface area (TPSA) is 67.1 Å². The lowest BCUT2D eigenvalue weighted by Gasteiger charge is -2.36. The van der Waals surface area contributed by atoms with E-state index in [9.17, 15) is 4.79 Å². The Hall–Kier alpha value is -4.45. The second-order valence-corrected chi connectivity index (χ2v) is 17.8. The maximum atomic E-state index is 11.4. The first-order chi connectivity index (χ1) is 27.9. The van der Waals surface area contributed by atoms with Gasteiger partial charge in [-0.1, -0.05) is 116 Å². The highest BCUT2D eigenvalue weighted by Gasteiger charge is 2.40. The Morgan fingerprint density at radius 2 is 1.12 bits per heavy atom. The zero-order valence-corrected chi connectivity index (χ0v) is 36.9. The number of aryl methyl sites for hydroxylation is 2. The second-order valence-electron chi connectivity index (χ2n) is 17.8. The first kappa shape index (κ1) is 41.7. The fourth-order valence-electron chi connectivity index (χ4n) is 10.0. The SMILES string of the molecule is CCCC1(CC)OCCc2c1[nH]c1c(-c3cc(C)cc(C)c3)cc(C(C)C)cc21.CCCC1(CC)OCCc2c1[nH]c1c(-c3cccc(C=O)c3)cc(C(C)C)cc21. The van der Waals surface area contributed by atoms with Crippen molar-refractivity contribution in [3.05, 3.63) is 117 Å². The molecule has 6 aromatic rings. The number of carbonyl (C=O) groups is 1. The van der Waals surface area contributed by atoms with Crippen molar-refractivity contribution in [2.24, 2.45) is 0 Å². The summed E-state index contributed by atoms with van der Waals surface area (Å²) in [5, 5.41) is 2.72. The third-order valence-electron chi connectivity index (χ3n) is 13.1. The lowest BCUT2D eigenvalue weighted by Crippen LogP contribution is -2.35. The molecule has 0 aliphatic carbocycles. The van der Waals surface area contributed by atoms with E-state index < -0.39 is 0 Å². The average Bonchev–Trinajstić information content (AvgIpc) is 3.80. The molecule has 0 fully saturated rings. The van der Waals surface area contributed by atoms with Crippen molar-refractivity contribution in [2.45, 2.75) is 144 Å². The van der Waals surface area contributed by atoms with Crippen LogP contribution < -0.4 is 0 Å². The van der Waals surface area contributed by atoms with Crippen molar-refractivity contribution in [2.75, 3.05) is 13.2 Å². The summed E-state index contributed by atoms with van der Waals surface area (Å²) in [6.45, 7) is 24.0. The van der Waals surface area contributed by atoms with Crippen molar-refractivity contribution in [1.29, 1.82) is 0 Å². The minimum Gasteiger partial charge on any atom is -0.368 e. The molecule has 0 bridgehead atoms. The van der Waals surface area contributed by atoms with Gasteiger partial charge >= 0.3 is 0 Å². The quantitative estimate of drug-likeness (QED) is 0.129. The molecule has 0 spiro atoms. The van der Waals surface area contributed by atoms with Gasteiger partial charge in [0.05, 0.1) is 35.6 Å². The van der Waals surface area contributed by atoms with Crippen LogP contribution in [0.2, 0.25) is 0 Å². The van der Waals surface area contributed by atoms with Gasteiger partial charge in [-0.15, -0.1) is 0 Å². The van der Waals surface area contributed by atoms with Crippen LogP contribution in [0.15, 0.2) is 66.7 Å². The highest BCUT2D eigenvalue weighted by Crippen LogP contribution is 2.47. The molecule has 4 aromatic carbocycles. The van der Waals surface area contributed by atoms with Crippen molar-refractivity contribution < 1.29 is 14.3 Å². The number of rotatable bonds is 11. The van der Waals surface area contributed by atoms with Crippen LogP contribution in [-0.2, 0) is 33.5 Å². The number of aldehydes is 1. The Morgan fingerprint density at radius 3 is 1.55 bits per heavy atom. The maximum Gasteiger partial charge on any atom is 0.150 e. The van der Waals surface area contributed by atoms with E-state index in [4.69, 9.17) is 9.47 Å². The summed E-state index contributed by atoms with van der Waals surface area (Å²) in [7, 11) is 0. The van der Waals surface area contributed by atoms with Crippen molar-refractivity contribution in [3.63, 3.8) is 0 Å². The molecule has 58 heavy (non-hydrogen) atoms. The number of benzene rings is 4. The Balaban J connectivity index is 0.000000177. The highest BCUT2D eigenvalue weighted by atomic mass is 16.5. The first-order valence-corrected chi connectivity index (χ1v) is 22.2. The van der Waals surface area contributed by atoms with Gasteiger partial charge < -0.3 is 19.4 Å². The molecule has 306 valence electrons. The molecule has 2 aromatic heterocycles. The number of carbonyl (C=O) groups excluding carboxylic acids is 1. The number of aromatic nitrogens is 2. The molecule has 4 heterocycles. The lowest BCUT2D eigenvalue weighted by atomic mass is 9.85. The predicted molar refractivity (Wildman–Crippen MR) is 244 cm³/mol. The Morgan fingerprint density at radius 1 is 0.638 bits per heavy atom. The van der Waals surface area contributed by atoms with Gasteiger partial charge in [-0.25, -0.2) is 0 Å². The van der Waals surface area contributed by atoms with E-state index in [-0.39, 0.29) is 11.2 Å². The molecule has 5 nitrogen and oxygen atoms in total. The van der Waals surface area contributed by atoms with Crippen molar-refractivity contribution >= 4 is 28.1 Å². The van der Waals surface area contributed by atoms with E-state index in [0.29, 0.717) is 17.4 Å². The van der Waals surface area contributed by atoms with Crippen LogP contribution in [0.1, 0.15) is 161 Å². The van der Waals surface area contributed by atoms with Gasteiger partial charge in [0.2, 0.25) is 0 Å². The van der Waals surface area contributed by atoms with Crippen molar-refractivity contribution in [3.8, 4) is 22.3 Å². The summed E-state index contributed by atoms with van der Waals surface area (Å²) < 4.78 is 12.8. The van der Waals surface area contributed by atoms with E-state index in [1.807, 2.05) is 18.2 Å². The maximum absolute atomic E-state index is 11.4. The molecule has 8 rings (SSSR count). The van der Waals surface area contributed by atoms with Gasteiger partial charge in [-0.2, -0.15) is 0 Å². The van der Waals surface area contributed by atoms with Gasteiger partial charge in [-0.3, -0.25) is 4.79 Å². The third-order valence-corrected chi connectivity index (χ3v) is 13.1. The molecule has 2 atom stereocenters. The van der Waals surface area contributed by atoms with E-state index in [0.717, 1.165) is 76.4 Å². The summed E-state index contributed by atoms with van der Waals surface area (Å²) in [5.74, 6) is 0.936. The number of aromatic amines is 2. The van der Waals surface area contributed by atoms with Crippen LogP contribution in [0.4, 0.5) is 0 Å². The fourth-order valence-corrected chi connectivity index (χ4v) is 10.0. The number of fused-ring (bicyclic) bond motifs is 6. The van der Waals surface area contributed by atoms with Crippen LogP contribution in [0.3, 0.4) is 0 Å². The average molecular weight is 779 g/mol. The summed E-state index contributed by atoms with van der Waals surface area (Å²) in [5.41, 5.74) is 18.5. The molecule has 2 unspecified atom stereocenters. The normalized spacial score (nSPS) is 19.0. The molecule has 2 N–H and O–H groups in total. The molecule has 0 saturated heterocycles. The Kier molecular flexibility index (Phi) is 12.2. The second kappa shape index (κ2) is 17.0. The van der Waals surface area contributed by atoms with Crippen LogP contribution in [-0.4, -0.2) is 29.5 Å². The number of hydrogen-bond acceptors (Lipinski definition) is 3. The summed E-state index contributed by atoms with van der Waals surface area (Å²) >= 11 is 0. The van der Waals surface area contributed by atoms with Crippen LogP contribution in [0, 0.1) is 13.8 Å². The number of ether oxygens (including phenoxy) is 2. The smallest absolute Gasteiger partial charge is 0.150 e. The molecule has 0 saturated carbocycles. The third kappa shape index (κ3) is 7.61. The Labute approximate surface area is 347 Å². The summed E-state index contributed by atoms with van der Waals surface area (Å²) in [6.07, 6.45) is 9.15. The molecule has 0 radical (unpaired) electrons. The molecular weight excluding hydrogens is 713 g/mol. The zero-order chi connectivity index (χ0) is 41.4. The summed E-state index contributed by atoms with van der Waals surface area (Å²) in [4.78, 5) is 19.0. The number of nitrogens with one attached hydrogen (secondary N) is 2. The molecule has 0 amide bonds. The van der Waals surface area contributed by atoms with E-state index in [2.05, 4.69) is 128 Å². The van der Waals surface area contributed by atoms with E-state index >= 15 is 0 Å². The minimum atomic E-state index is -0.221. The van der Waals surface area contributed by atoms with Crippen molar-refractivity contribution in [1.82, 2.24) is 9.97 Å². The van der Waals surface area contributed by atoms with Crippen LogP contribution >= 0.6 is 0 Å². The zero-order valence-electron chi connectivity index (χ0n) is 36.9. The van der Waals surface area contributed by atoms with E-state index in [1.54, 1.807) is 0 Å². The lowest BCUT2D eigenvalue weighted by molar-refractivity contribution is -0.0725. The first-order valence-electron chi connectivity index (χ1n) is 22.2. The number of H-pyrrole nitrogens is 2. The van der Waals surface area contributed by atoms with Gasteiger partial charge in [0.1, 0.15) is 17.5 Å². The monoisotopic (exact) mass is 779 g/mol.